The summed E-state index contributed by atoms with van der Waals surface area (Å²) >= 11 is 1.74. The molecular weight excluding hydrogens is 433 g/mol. The number of nitrogens with one attached hydrogen (secondary N) is 2. The number of likely N-dealkylation sites (tertiary alicyclic amines) is 1. The maximum absolute atomic E-state index is 4.77. The maximum Gasteiger partial charge on any atom is 0.191 e. The predicted octanol–water partition coefficient (Wildman–Crippen LogP) is 3.16. The second kappa shape index (κ2) is 9.91. The van der Waals surface area contributed by atoms with Crippen LogP contribution in [0.25, 0.3) is 0 Å². The number of aryl methyl sites for hydroxylation is 2. The van der Waals surface area contributed by atoms with Crippen LogP contribution in [0.4, 0.5) is 0 Å². The summed E-state index contributed by atoms with van der Waals surface area (Å²) in [5, 5.41) is 8.12. The van der Waals surface area contributed by atoms with E-state index in [1.54, 1.807) is 11.3 Å². The molecule has 1 aliphatic heterocycles. The van der Waals surface area contributed by atoms with E-state index in [9.17, 15) is 0 Å². The summed E-state index contributed by atoms with van der Waals surface area (Å²) in [4.78, 5) is 13.0. The number of nitrogens with zero attached hydrogens (tertiary/aromatic N) is 3. The molecule has 0 amide bonds. The van der Waals surface area contributed by atoms with Crippen molar-refractivity contribution < 1.29 is 0 Å². The zero-order chi connectivity index (χ0) is 17.0. The third-order valence-corrected chi connectivity index (χ3v) is 5.48. The topological polar surface area (TPSA) is 52.6 Å². The van der Waals surface area contributed by atoms with E-state index in [1.807, 2.05) is 0 Å². The number of guanidine groups is 1. The molecule has 2 atom stereocenters. The first-order valence-corrected chi connectivity index (χ1v) is 9.44. The van der Waals surface area contributed by atoms with Crippen molar-refractivity contribution in [3.8, 4) is 0 Å². The summed E-state index contributed by atoms with van der Waals surface area (Å²) in [6, 6.07) is 1.06. The lowest BCUT2D eigenvalue weighted by Gasteiger charge is -2.21. The average Bonchev–Trinajstić information content (AvgIpc) is 2.99. The zero-order valence-electron chi connectivity index (χ0n) is 15.7. The number of halogens is 1. The van der Waals surface area contributed by atoms with Crippen LogP contribution in [0.15, 0.2) is 4.99 Å². The number of thiazole rings is 1. The van der Waals surface area contributed by atoms with Crippen LogP contribution < -0.4 is 10.6 Å². The van der Waals surface area contributed by atoms with Gasteiger partial charge in [-0.25, -0.2) is 9.98 Å². The van der Waals surface area contributed by atoms with Gasteiger partial charge in [-0.3, -0.25) is 4.90 Å². The number of aliphatic imine (C=N–C) groups is 1. The van der Waals surface area contributed by atoms with Gasteiger partial charge in [0.05, 0.1) is 17.2 Å². The van der Waals surface area contributed by atoms with Gasteiger partial charge in [0.1, 0.15) is 0 Å². The van der Waals surface area contributed by atoms with Gasteiger partial charge >= 0.3 is 0 Å². The van der Waals surface area contributed by atoms with Crippen molar-refractivity contribution in [2.24, 2.45) is 10.9 Å². The maximum atomic E-state index is 4.77. The Morgan fingerprint density at radius 3 is 2.58 bits per heavy atom. The summed E-state index contributed by atoms with van der Waals surface area (Å²) in [5.74, 6) is 1.55. The fourth-order valence-corrected chi connectivity index (χ4v) is 3.84. The van der Waals surface area contributed by atoms with E-state index in [-0.39, 0.29) is 24.0 Å². The SMILES string of the molecule is CCNC(=NCc1sc(C)nc1C)NC1CN(C(C)C)CC1C.I. The summed E-state index contributed by atoms with van der Waals surface area (Å²) < 4.78 is 0. The summed E-state index contributed by atoms with van der Waals surface area (Å²) in [5.41, 5.74) is 1.10. The highest BCUT2D eigenvalue weighted by molar-refractivity contribution is 14.0. The van der Waals surface area contributed by atoms with E-state index in [0.717, 1.165) is 36.3 Å². The van der Waals surface area contributed by atoms with Crippen molar-refractivity contribution in [3.63, 3.8) is 0 Å². The molecule has 1 aromatic rings. The lowest BCUT2D eigenvalue weighted by atomic mass is 10.1. The molecule has 2 unspecified atom stereocenters. The molecule has 0 bridgehead atoms. The largest absolute Gasteiger partial charge is 0.357 e. The van der Waals surface area contributed by atoms with Crippen molar-refractivity contribution in [2.75, 3.05) is 19.6 Å². The minimum atomic E-state index is 0. The fraction of sp³-hybridized carbons (Fsp3) is 0.765. The van der Waals surface area contributed by atoms with Crippen molar-refractivity contribution in [3.05, 3.63) is 15.6 Å². The molecule has 2 N–H and O–H groups in total. The van der Waals surface area contributed by atoms with Gasteiger partial charge in [0.15, 0.2) is 5.96 Å². The number of hydrogen-bond acceptors (Lipinski definition) is 4. The first-order chi connectivity index (χ1) is 10.9. The van der Waals surface area contributed by atoms with Crippen LogP contribution in [0.2, 0.25) is 0 Å². The monoisotopic (exact) mass is 465 g/mol. The third-order valence-electron chi connectivity index (χ3n) is 4.42. The number of rotatable bonds is 5. The van der Waals surface area contributed by atoms with Gasteiger partial charge in [0.2, 0.25) is 0 Å². The molecule has 1 aromatic heterocycles. The highest BCUT2D eigenvalue weighted by atomic mass is 127. The van der Waals surface area contributed by atoms with Crippen LogP contribution in [-0.2, 0) is 6.54 Å². The second-order valence-electron chi connectivity index (χ2n) is 6.71. The molecule has 0 aliphatic carbocycles. The van der Waals surface area contributed by atoms with Crippen molar-refractivity contribution in [1.82, 2.24) is 20.5 Å². The normalized spacial score (nSPS) is 21.9. The molecule has 2 rings (SSSR count). The molecule has 1 aliphatic rings. The molecule has 1 fully saturated rings. The van der Waals surface area contributed by atoms with Crippen LogP contribution in [-0.4, -0.2) is 47.6 Å². The molecule has 0 saturated carbocycles. The van der Waals surface area contributed by atoms with Gasteiger partial charge in [-0.15, -0.1) is 35.3 Å². The molecule has 1 saturated heterocycles. The van der Waals surface area contributed by atoms with Gasteiger partial charge in [0, 0.05) is 36.6 Å². The minimum Gasteiger partial charge on any atom is -0.357 e. The van der Waals surface area contributed by atoms with Gasteiger partial charge in [-0.2, -0.15) is 0 Å². The predicted molar refractivity (Wildman–Crippen MR) is 115 cm³/mol. The molecule has 2 heterocycles. The van der Waals surface area contributed by atoms with E-state index in [4.69, 9.17) is 4.99 Å². The highest BCUT2D eigenvalue weighted by Crippen LogP contribution is 2.19. The van der Waals surface area contributed by atoms with Crippen molar-refractivity contribution >= 4 is 41.3 Å². The van der Waals surface area contributed by atoms with Gasteiger partial charge in [0.25, 0.3) is 0 Å². The van der Waals surface area contributed by atoms with Crippen LogP contribution >= 0.6 is 35.3 Å². The van der Waals surface area contributed by atoms with E-state index in [2.05, 4.69) is 62.1 Å². The first-order valence-electron chi connectivity index (χ1n) is 8.62. The Kier molecular flexibility index (Phi) is 8.94. The summed E-state index contributed by atoms with van der Waals surface area (Å²) in [6.07, 6.45) is 0. The van der Waals surface area contributed by atoms with Crippen LogP contribution in [0, 0.1) is 19.8 Å². The Morgan fingerprint density at radius 2 is 2.08 bits per heavy atom. The van der Waals surface area contributed by atoms with Gasteiger partial charge in [-0.05, 0) is 40.5 Å². The van der Waals surface area contributed by atoms with E-state index in [1.165, 1.54) is 4.88 Å². The number of aromatic nitrogens is 1. The number of hydrogen-bond donors (Lipinski definition) is 2. The van der Waals surface area contributed by atoms with Crippen LogP contribution in [0.3, 0.4) is 0 Å². The first kappa shape index (κ1) is 21.6. The molecule has 0 radical (unpaired) electrons. The zero-order valence-corrected chi connectivity index (χ0v) is 18.9. The van der Waals surface area contributed by atoms with Crippen LogP contribution in [0.5, 0.6) is 0 Å². The standard InChI is InChI=1S/C17H31N5S.HI/c1-7-18-17(19-8-16-13(5)20-14(6)23-16)21-15-10-22(11(2)3)9-12(15)4;/h11-12,15H,7-10H2,1-6H3,(H2,18,19,21);1H. The molecule has 7 heteroatoms. The molecular formula is C17H32IN5S. The molecule has 0 spiro atoms. The Hall–Kier alpha value is -0.410. The molecule has 24 heavy (non-hydrogen) atoms. The van der Waals surface area contributed by atoms with Crippen molar-refractivity contribution in [2.45, 2.75) is 60.2 Å². The Balaban J connectivity index is 0.00000288. The highest BCUT2D eigenvalue weighted by Gasteiger charge is 2.31. The fourth-order valence-electron chi connectivity index (χ4n) is 2.98. The Labute approximate surface area is 167 Å². The van der Waals surface area contributed by atoms with Gasteiger partial charge in [-0.1, -0.05) is 6.92 Å². The minimum absolute atomic E-state index is 0. The molecule has 0 aromatic carbocycles. The lowest BCUT2D eigenvalue weighted by molar-refractivity contribution is 0.265. The quantitative estimate of drug-likeness (QED) is 0.399. The average molecular weight is 465 g/mol. The third kappa shape index (κ3) is 5.84. The Bertz CT molecular complexity index is 543. The van der Waals surface area contributed by atoms with E-state index >= 15 is 0 Å². The van der Waals surface area contributed by atoms with Gasteiger partial charge < -0.3 is 10.6 Å². The molecule has 138 valence electrons. The van der Waals surface area contributed by atoms with E-state index in [0.29, 0.717) is 24.5 Å². The van der Waals surface area contributed by atoms with Crippen molar-refractivity contribution in [1.29, 1.82) is 0 Å². The van der Waals surface area contributed by atoms with E-state index < -0.39 is 0 Å². The Morgan fingerprint density at radius 1 is 1.38 bits per heavy atom. The summed E-state index contributed by atoms with van der Waals surface area (Å²) in [7, 11) is 0. The summed E-state index contributed by atoms with van der Waals surface area (Å²) in [6.45, 7) is 16.9. The smallest absolute Gasteiger partial charge is 0.191 e. The van der Waals surface area contributed by atoms with Crippen LogP contribution in [0.1, 0.15) is 43.3 Å². The lowest BCUT2D eigenvalue weighted by Crippen LogP contribution is -2.46. The second-order valence-corrected chi connectivity index (χ2v) is 8.00. The molecule has 5 nitrogen and oxygen atoms in total.